The van der Waals surface area contributed by atoms with E-state index in [9.17, 15) is 22.8 Å². The average Bonchev–Trinajstić information content (AvgIpc) is 2.26. The van der Waals surface area contributed by atoms with Gasteiger partial charge in [-0.25, -0.2) is 4.98 Å². The Labute approximate surface area is 112 Å². The average molecular weight is 349 g/mol. The van der Waals surface area contributed by atoms with E-state index in [4.69, 9.17) is 11.6 Å². The van der Waals surface area contributed by atoms with Crippen molar-refractivity contribution in [2.24, 2.45) is 0 Å². The fourth-order valence-corrected chi connectivity index (χ4v) is 1.42. The van der Waals surface area contributed by atoms with Gasteiger partial charge in [-0.2, -0.15) is 13.2 Å². The van der Waals surface area contributed by atoms with Crippen molar-refractivity contribution >= 4 is 33.4 Å². The molecule has 1 heterocycles. The molecular weight excluding hydrogens is 342 g/mol. The summed E-state index contributed by atoms with van der Waals surface area (Å²) in [5.74, 6) is -0.953. The van der Waals surface area contributed by atoms with Gasteiger partial charge in [0.15, 0.2) is 5.15 Å². The standard InChI is InChI=1S/C8H6BrClF3N3O2/c9-5-6(10)15-3-16(7(5)18)1-4(17)14-2-8(11,12)13/h3H,1-2H2,(H,14,17). The zero-order chi connectivity index (χ0) is 13.9. The Balaban J connectivity index is 2.72. The monoisotopic (exact) mass is 347 g/mol. The van der Waals surface area contributed by atoms with Crippen LogP contribution < -0.4 is 10.9 Å². The highest BCUT2D eigenvalue weighted by Gasteiger charge is 2.27. The van der Waals surface area contributed by atoms with Crippen LogP contribution in [0.4, 0.5) is 13.2 Å². The van der Waals surface area contributed by atoms with Gasteiger partial charge in [-0.15, -0.1) is 0 Å². The molecular formula is C8H6BrClF3N3O2. The number of hydrogen-bond donors (Lipinski definition) is 1. The quantitative estimate of drug-likeness (QED) is 0.839. The number of alkyl halides is 3. The van der Waals surface area contributed by atoms with Gasteiger partial charge < -0.3 is 5.32 Å². The predicted octanol–water partition coefficient (Wildman–Crippen LogP) is 1.34. The lowest BCUT2D eigenvalue weighted by Crippen LogP contribution is -2.38. The maximum absolute atomic E-state index is 11.8. The van der Waals surface area contributed by atoms with E-state index in [0.29, 0.717) is 0 Å². The first-order valence-electron chi connectivity index (χ1n) is 4.44. The number of amides is 1. The molecule has 0 saturated heterocycles. The molecule has 0 atom stereocenters. The summed E-state index contributed by atoms with van der Waals surface area (Å²) in [5.41, 5.74) is -0.655. The number of nitrogens with one attached hydrogen (secondary N) is 1. The Morgan fingerprint density at radius 3 is 2.72 bits per heavy atom. The van der Waals surface area contributed by atoms with Crippen LogP contribution in [0.15, 0.2) is 15.6 Å². The van der Waals surface area contributed by atoms with Gasteiger partial charge in [-0.1, -0.05) is 11.6 Å². The Morgan fingerprint density at radius 1 is 1.56 bits per heavy atom. The Bertz CT molecular complexity index is 517. The van der Waals surface area contributed by atoms with Crippen LogP contribution >= 0.6 is 27.5 Å². The lowest BCUT2D eigenvalue weighted by atomic mass is 10.5. The van der Waals surface area contributed by atoms with Gasteiger partial charge in [0.1, 0.15) is 17.6 Å². The first kappa shape index (κ1) is 15.0. The van der Waals surface area contributed by atoms with Gasteiger partial charge >= 0.3 is 6.18 Å². The highest BCUT2D eigenvalue weighted by atomic mass is 79.9. The van der Waals surface area contributed by atoms with Crippen molar-refractivity contribution in [1.29, 1.82) is 0 Å². The normalized spacial score (nSPS) is 11.4. The number of rotatable bonds is 3. The molecule has 0 aliphatic heterocycles. The summed E-state index contributed by atoms with van der Waals surface area (Å²) in [5, 5.41) is 1.54. The molecule has 0 bridgehead atoms. The van der Waals surface area contributed by atoms with Crippen molar-refractivity contribution in [3.05, 3.63) is 26.3 Å². The van der Waals surface area contributed by atoms with Crippen LogP contribution in [0.5, 0.6) is 0 Å². The van der Waals surface area contributed by atoms with Crippen molar-refractivity contribution in [2.45, 2.75) is 12.7 Å². The van der Waals surface area contributed by atoms with E-state index in [2.05, 4.69) is 20.9 Å². The van der Waals surface area contributed by atoms with Crippen LogP contribution in [0.25, 0.3) is 0 Å². The van der Waals surface area contributed by atoms with E-state index >= 15 is 0 Å². The van der Waals surface area contributed by atoms with Crippen molar-refractivity contribution in [1.82, 2.24) is 14.9 Å². The smallest absolute Gasteiger partial charge is 0.345 e. The largest absolute Gasteiger partial charge is 0.405 e. The molecule has 0 aromatic carbocycles. The molecule has 0 radical (unpaired) electrons. The SMILES string of the molecule is O=C(Cn1cnc(Cl)c(Br)c1=O)NCC(F)(F)F. The molecule has 0 spiro atoms. The van der Waals surface area contributed by atoms with Crippen LogP contribution in [0.3, 0.4) is 0 Å². The van der Waals surface area contributed by atoms with E-state index < -0.39 is 30.7 Å². The van der Waals surface area contributed by atoms with Gasteiger partial charge in [0.05, 0.1) is 6.33 Å². The molecule has 5 nitrogen and oxygen atoms in total. The molecule has 100 valence electrons. The predicted molar refractivity (Wildman–Crippen MR) is 60.3 cm³/mol. The van der Waals surface area contributed by atoms with Crippen molar-refractivity contribution in [3.8, 4) is 0 Å². The molecule has 1 aromatic heterocycles. The topological polar surface area (TPSA) is 64.0 Å². The summed E-state index contributed by atoms with van der Waals surface area (Å²) in [7, 11) is 0. The fraction of sp³-hybridized carbons (Fsp3) is 0.375. The minimum absolute atomic E-state index is 0.0599. The third-order valence-corrected chi connectivity index (χ3v) is 2.97. The lowest BCUT2D eigenvalue weighted by Gasteiger charge is -2.09. The highest BCUT2D eigenvalue weighted by molar-refractivity contribution is 9.10. The molecule has 10 heteroatoms. The third kappa shape index (κ3) is 4.30. The molecule has 1 amide bonds. The molecule has 1 rings (SSSR count). The third-order valence-electron chi connectivity index (χ3n) is 1.74. The van der Waals surface area contributed by atoms with E-state index in [1.54, 1.807) is 5.32 Å². The summed E-state index contributed by atoms with van der Waals surface area (Å²) in [6.45, 7) is -2.03. The second-order valence-electron chi connectivity index (χ2n) is 3.17. The number of carbonyl (C=O) groups is 1. The Morgan fingerprint density at radius 2 is 2.17 bits per heavy atom. The van der Waals surface area contributed by atoms with Crippen LogP contribution in [0, 0.1) is 0 Å². The van der Waals surface area contributed by atoms with E-state index in [1.807, 2.05) is 0 Å². The second kappa shape index (κ2) is 5.70. The number of carbonyl (C=O) groups excluding carboxylic acids is 1. The van der Waals surface area contributed by atoms with Gasteiger partial charge in [-0.3, -0.25) is 14.2 Å². The molecule has 0 aliphatic carbocycles. The number of nitrogens with zero attached hydrogens (tertiary/aromatic N) is 2. The molecule has 0 aliphatic rings. The first-order valence-corrected chi connectivity index (χ1v) is 5.61. The number of halogens is 5. The fourth-order valence-electron chi connectivity index (χ4n) is 0.966. The van der Waals surface area contributed by atoms with Gasteiger partial charge in [0.25, 0.3) is 5.56 Å². The Kier molecular flexibility index (Phi) is 4.74. The van der Waals surface area contributed by atoms with E-state index in [1.165, 1.54) is 0 Å². The number of hydrogen-bond acceptors (Lipinski definition) is 3. The highest BCUT2D eigenvalue weighted by Crippen LogP contribution is 2.14. The molecule has 0 unspecified atom stereocenters. The van der Waals surface area contributed by atoms with Crippen LogP contribution in [-0.2, 0) is 11.3 Å². The summed E-state index contributed by atoms with van der Waals surface area (Å²) >= 11 is 8.37. The van der Waals surface area contributed by atoms with Crippen LogP contribution in [0.1, 0.15) is 0 Å². The molecule has 0 fully saturated rings. The van der Waals surface area contributed by atoms with Crippen molar-refractivity contribution in [2.75, 3.05) is 6.54 Å². The van der Waals surface area contributed by atoms with Gasteiger partial charge in [0, 0.05) is 0 Å². The van der Waals surface area contributed by atoms with E-state index in [-0.39, 0.29) is 9.63 Å². The molecule has 18 heavy (non-hydrogen) atoms. The van der Waals surface area contributed by atoms with Gasteiger partial charge in [0.2, 0.25) is 5.91 Å². The summed E-state index contributed by atoms with van der Waals surface area (Å²) in [6, 6.07) is 0. The lowest BCUT2D eigenvalue weighted by molar-refractivity contribution is -0.138. The Hall–Kier alpha value is -1.09. The molecule has 1 aromatic rings. The van der Waals surface area contributed by atoms with E-state index in [0.717, 1.165) is 10.9 Å². The molecule has 1 N–H and O–H groups in total. The van der Waals surface area contributed by atoms with Crippen molar-refractivity contribution < 1.29 is 18.0 Å². The van der Waals surface area contributed by atoms with Crippen LogP contribution in [-0.4, -0.2) is 28.2 Å². The summed E-state index contributed by atoms with van der Waals surface area (Å²) in [4.78, 5) is 26.3. The number of aromatic nitrogens is 2. The minimum atomic E-state index is -4.50. The minimum Gasteiger partial charge on any atom is -0.345 e. The maximum atomic E-state index is 11.8. The maximum Gasteiger partial charge on any atom is 0.405 e. The van der Waals surface area contributed by atoms with Crippen molar-refractivity contribution in [3.63, 3.8) is 0 Å². The zero-order valence-corrected chi connectivity index (χ0v) is 10.9. The summed E-state index contributed by atoms with van der Waals surface area (Å²) in [6.07, 6.45) is -3.53. The zero-order valence-electron chi connectivity index (χ0n) is 8.59. The van der Waals surface area contributed by atoms with Gasteiger partial charge in [-0.05, 0) is 15.9 Å². The first-order chi connectivity index (χ1) is 8.20. The molecule has 0 saturated carbocycles. The second-order valence-corrected chi connectivity index (χ2v) is 4.33. The summed E-state index contributed by atoms with van der Waals surface area (Å²) < 4.78 is 36.3. The van der Waals surface area contributed by atoms with Crippen LogP contribution in [0.2, 0.25) is 5.15 Å².